The van der Waals surface area contributed by atoms with Crippen LogP contribution in [-0.2, 0) is 9.53 Å². The average molecular weight is 346 g/mol. The number of nitrogens with zero attached hydrogens (tertiary/aromatic N) is 1. The second-order valence-electron chi connectivity index (χ2n) is 7.48. The van der Waals surface area contributed by atoms with Crippen LogP contribution in [0.4, 0.5) is 5.69 Å². The van der Waals surface area contributed by atoms with Gasteiger partial charge in [0.2, 0.25) is 5.91 Å². The molecule has 6 heteroatoms. The fraction of sp³-hybridized carbons (Fsp3) is 0.632. The molecular weight excluding hydrogens is 320 g/mol. The van der Waals surface area contributed by atoms with Gasteiger partial charge in [0.05, 0.1) is 18.8 Å². The lowest BCUT2D eigenvalue weighted by Gasteiger charge is -2.34. The molecule has 1 aromatic rings. The lowest BCUT2D eigenvalue weighted by atomic mass is 10.2. The smallest absolute Gasteiger partial charge is 0.251 e. The molecular formula is C19H26N2O4. The quantitative estimate of drug-likeness (QED) is 0.912. The molecule has 0 aromatic heterocycles. The summed E-state index contributed by atoms with van der Waals surface area (Å²) in [5.74, 6) is 1.02. The molecule has 3 aliphatic rings. The third kappa shape index (κ3) is 3.60. The summed E-state index contributed by atoms with van der Waals surface area (Å²) in [6.45, 7) is 6.01. The minimum Gasteiger partial charge on any atom is -0.448 e. The lowest BCUT2D eigenvalue weighted by molar-refractivity contribution is -0.121. The number of rotatable bonds is 3. The summed E-state index contributed by atoms with van der Waals surface area (Å²) in [7, 11) is 0. The van der Waals surface area contributed by atoms with Gasteiger partial charge in [-0.15, -0.1) is 0 Å². The van der Waals surface area contributed by atoms with Gasteiger partial charge in [-0.25, -0.2) is 0 Å². The number of benzene rings is 1. The van der Waals surface area contributed by atoms with Crippen LogP contribution in [0.2, 0.25) is 0 Å². The molecule has 6 nitrogen and oxygen atoms in total. The van der Waals surface area contributed by atoms with Crippen LogP contribution in [0.3, 0.4) is 0 Å². The number of carbonyl (C=O) groups is 1. The van der Waals surface area contributed by atoms with Crippen molar-refractivity contribution in [2.45, 2.75) is 57.5 Å². The molecule has 1 aromatic carbocycles. The maximum absolute atomic E-state index is 12.4. The average Bonchev–Trinajstić information content (AvgIpc) is 3.12. The standard InChI is InChI=1S/C19H26N2O4/c1-13-10-21(11-14(2)23-13)12-18(22)20-15-5-6-16-17(9-15)25-19(24-16)7-3-4-8-19/h5-6,9,13-14H,3-4,7-8,10-12H2,1-2H3,(H,20,22)/t13-,14-/m0/s1. The zero-order valence-corrected chi connectivity index (χ0v) is 14.9. The van der Waals surface area contributed by atoms with Crippen molar-refractivity contribution in [1.29, 1.82) is 0 Å². The number of ether oxygens (including phenoxy) is 3. The molecule has 1 amide bonds. The molecule has 2 heterocycles. The van der Waals surface area contributed by atoms with E-state index in [1.54, 1.807) is 0 Å². The highest BCUT2D eigenvalue weighted by Crippen LogP contribution is 2.47. The SMILES string of the molecule is C[C@H]1CN(CC(=O)Nc2ccc3c(c2)OC2(CCCC2)O3)C[C@H](C)O1. The first-order valence-corrected chi connectivity index (χ1v) is 9.21. The van der Waals surface area contributed by atoms with Crippen LogP contribution >= 0.6 is 0 Å². The molecule has 1 N–H and O–H groups in total. The van der Waals surface area contributed by atoms with Crippen molar-refractivity contribution in [3.05, 3.63) is 18.2 Å². The molecule has 2 atom stereocenters. The van der Waals surface area contributed by atoms with Crippen LogP contribution < -0.4 is 14.8 Å². The number of carbonyl (C=O) groups excluding carboxylic acids is 1. The molecule has 4 rings (SSSR count). The molecule has 0 unspecified atom stereocenters. The van der Waals surface area contributed by atoms with Gasteiger partial charge in [0, 0.05) is 37.7 Å². The predicted molar refractivity (Wildman–Crippen MR) is 94.0 cm³/mol. The summed E-state index contributed by atoms with van der Waals surface area (Å²) in [6, 6.07) is 5.63. The van der Waals surface area contributed by atoms with E-state index in [4.69, 9.17) is 14.2 Å². The van der Waals surface area contributed by atoms with Crippen molar-refractivity contribution in [2.24, 2.45) is 0 Å². The summed E-state index contributed by atoms with van der Waals surface area (Å²) in [5, 5.41) is 2.97. The summed E-state index contributed by atoms with van der Waals surface area (Å²) in [4.78, 5) is 14.5. The van der Waals surface area contributed by atoms with E-state index in [0.29, 0.717) is 6.54 Å². The third-order valence-corrected chi connectivity index (χ3v) is 5.05. The second kappa shape index (κ2) is 6.50. The predicted octanol–water partition coefficient (Wildman–Crippen LogP) is 2.78. The van der Waals surface area contributed by atoms with Crippen LogP contribution in [0.1, 0.15) is 39.5 Å². The molecule has 1 aliphatic carbocycles. The fourth-order valence-electron chi connectivity index (χ4n) is 4.11. The zero-order chi connectivity index (χ0) is 17.4. The molecule has 25 heavy (non-hydrogen) atoms. The van der Waals surface area contributed by atoms with E-state index in [-0.39, 0.29) is 18.1 Å². The van der Waals surface area contributed by atoms with Gasteiger partial charge in [0.15, 0.2) is 11.5 Å². The summed E-state index contributed by atoms with van der Waals surface area (Å²) < 4.78 is 17.8. The van der Waals surface area contributed by atoms with E-state index in [9.17, 15) is 4.79 Å². The first kappa shape index (κ1) is 16.7. The largest absolute Gasteiger partial charge is 0.448 e. The summed E-state index contributed by atoms with van der Waals surface area (Å²) >= 11 is 0. The fourth-order valence-corrected chi connectivity index (χ4v) is 4.11. The van der Waals surface area contributed by atoms with E-state index in [0.717, 1.165) is 56.0 Å². The van der Waals surface area contributed by atoms with E-state index >= 15 is 0 Å². The molecule has 0 bridgehead atoms. The van der Waals surface area contributed by atoms with Gasteiger partial charge in [-0.05, 0) is 38.8 Å². The van der Waals surface area contributed by atoms with Crippen molar-refractivity contribution in [3.63, 3.8) is 0 Å². The Morgan fingerprint density at radius 2 is 1.84 bits per heavy atom. The number of anilines is 1. The number of fused-ring (bicyclic) bond motifs is 1. The minimum atomic E-state index is -0.467. The zero-order valence-electron chi connectivity index (χ0n) is 14.9. The highest BCUT2D eigenvalue weighted by atomic mass is 16.7. The van der Waals surface area contributed by atoms with Gasteiger partial charge in [0.1, 0.15) is 0 Å². The highest BCUT2D eigenvalue weighted by Gasteiger charge is 2.44. The molecule has 0 radical (unpaired) electrons. The van der Waals surface area contributed by atoms with E-state index in [1.807, 2.05) is 32.0 Å². The van der Waals surface area contributed by atoms with Crippen LogP contribution in [-0.4, -0.2) is 48.4 Å². The number of hydrogen-bond donors (Lipinski definition) is 1. The van der Waals surface area contributed by atoms with Crippen molar-refractivity contribution >= 4 is 11.6 Å². The first-order chi connectivity index (χ1) is 12.0. The Labute approximate surface area is 148 Å². The summed E-state index contributed by atoms with van der Waals surface area (Å²) in [5.41, 5.74) is 0.747. The Balaban J connectivity index is 1.36. The van der Waals surface area contributed by atoms with Crippen molar-refractivity contribution in [1.82, 2.24) is 4.90 Å². The van der Waals surface area contributed by atoms with Crippen molar-refractivity contribution < 1.29 is 19.0 Å². The first-order valence-electron chi connectivity index (χ1n) is 9.21. The van der Waals surface area contributed by atoms with Gasteiger partial charge in [-0.3, -0.25) is 9.69 Å². The molecule has 1 spiro atoms. The van der Waals surface area contributed by atoms with Gasteiger partial charge < -0.3 is 19.5 Å². The Morgan fingerprint density at radius 1 is 1.16 bits per heavy atom. The number of amides is 1. The van der Waals surface area contributed by atoms with Crippen molar-refractivity contribution in [2.75, 3.05) is 25.0 Å². The van der Waals surface area contributed by atoms with Gasteiger partial charge in [0.25, 0.3) is 5.79 Å². The third-order valence-electron chi connectivity index (χ3n) is 5.05. The lowest BCUT2D eigenvalue weighted by Crippen LogP contribution is -2.48. The summed E-state index contributed by atoms with van der Waals surface area (Å²) in [6.07, 6.45) is 4.43. The molecule has 1 saturated carbocycles. The normalized spacial score (nSPS) is 27.6. The van der Waals surface area contributed by atoms with E-state index in [1.165, 1.54) is 0 Å². The van der Waals surface area contributed by atoms with Gasteiger partial charge in [-0.2, -0.15) is 0 Å². The van der Waals surface area contributed by atoms with Crippen LogP contribution in [0, 0.1) is 0 Å². The van der Waals surface area contributed by atoms with E-state index < -0.39 is 5.79 Å². The van der Waals surface area contributed by atoms with Crippen LogP contribution in [0.25, 0.3) is 0 Å². The molecule has 1 saturated heterocycles. The van der Waals surface area contributed by atoms with Crippen molar-refractivity contribution in [3.8, 4) is 11.5 Å². The molecule has 2 aliphatic heterocycles. The Hall–Kier alpha value is -1.79. The monoisotopic (exact) mass is 346 g/mol. The number of morpholine rings is 1. The highest BCUT2D eigenvalue weighted by molar-refractivity contribution is 5.92. The number of nitrogens with one attached hydrogen (secondary N) is 1. The topological polar surface area (TPSA) is 60.0 Å². The maximum Gasteiger partial charge on any atom is 0.251 e. The maximum atomic E-state index is 12.4. The second-order valence-corrected chi connectivity index (χ2v) is 7.48. The Morgan fingerprint density at radius 3 is 2.56 bits per heavy atom. The van der Waals surface area contributed by atoms with Gasteiger partial charge >= 0.3 is 0 Å². The molecule has 136 valence electrons. The minimum absolute atomic E-state index is 0.0178. The van der Waals surface area contributed by atoms with E-state index in [2.05, 4.69) is 10.2 Å². The molecule has 2 fully saturated rings. The number of hydrogen-bond acceptors (Lipinski definition) is 5. The van der Waals surface area contributed by atoms with Gasteiger partial charge in [-0.1, -0.05) is 0 Å². The Bertz CT molecular complexity index is 647. The van der Waals surface area contributed by atoms with Crippen LogP contribution in [0.15, 0.2) is 18.2 Å². The van der Waals surface area contributed by atoms with Crippen LogP contribution in [0.5, 0.6) is 11.5 Å². The Kier molecular flexibility index (Phi) is 4.33.